The average molecular weight is 1760 g/mol. The van der Waals surface area contributed by atoms with Crippen molar-refractivity contribution in [2.24, 2.45) is 0 Å². The molecular formula is C132H81N3O3. The summed E-state index contributed by atoms with van der Waals surface area (Å²) in [7, 11) is 0. The van der Waals surface area contributed by atoms with E-state index in [1.165, 1.54) is 145 Å². The minimum absolute atomic E-state index is 0.878. The predicted molar refractivity (Wildman–Crippen MR) is 588 cm³/mol. The second kappa shape index (κ2) is 31.7. The van der Waals surface area contributed by atoms with Gasteiger partial charge in [-0.1, -0.05) is 406 Å². The molecule has 30 rings (SSSR count). The van der Waals surface area contributed by atoms with E-state index in [0.717, 1.165) is 133 Å². The van der Waals surface area contributed by atoms with Gasteiger partial charge < -0.3 is 28.0 Å². The molecule has 0 atom stereocenters. The number of benzene rings is 27. The van der Waals surface area contributed by atoms with Gasteiger partial charge in [0.1, 0.15) is 16.7 Å². The molecule has 30 aromatic rings. The third-order valence-electron chi connectivity index (χ3n) is 28.8. The van der Waals surface area contributed by atoms with E-state index in [4.69, 9.17) is 13.3 Å². The Balaban J connectivity index is 0.000000102. The molecule has 0 radical (unpaired) electrons. The maximum atomic E-state index is 6.98. The molecule has 0 unspecified atom stereocenters. The number of hydrogen-bond acceptors (Lipinski definition) is 6. The number of para-hydroxylation sites is 3. The number of fused-ring (bicyclic) bond motifs is 33. The Hall–Kier alpha value is -18.4. The third-order valence-corrected chi connectivity index (χ3v) is 28.8. The van der Waals surface area contributed by atoms with E-state index >= 15 is 0 Å². The van der Waals surface area contributed by atoms with E-state index in [-0.39, 0.29) is 0 Å². The van der Waals surface area contributed by atoms with Crippen LogP contribution in [0.25, 0.3) is 227 Å². The quantitative estimate of drug-likeness (QED) is 0.134. The smallest absolute Gasteiger partial charge is 0.159 e. The van der Waals surface area contributed by atoms with Crippen LogP contribution in [0.4, 0.5) is 51.2 Å². The summed E-state index contributed by atoms with van der Waals surface area (Å²) in [5.41, 5.74) is 15.1. The zero-order valence-corrected chi connectivity index (χ0v) is 74.8. The van der Waals surface area contributed by atoms with E-state index in [2.05, 4.69) is 506 Å². The van der Waals surface area contributed by atoms with E-state index in [9.17, 15) is 0 Å². The Bertz CT molecular complexity index is 10200. The lowest BCUT2D eigenvalue weighted by Crippen LogP contribution is -2.11. The first kappa shape index (κ1) is 78.3. The molecule has 0 aliphatic heterocycles. The van der Waals surface area contributed by atoms with Gasteiger partial charge in [-0.15, -0.1) is 0 Å². The number of hydrogen-bond donors (Lipinski definition) is 0. The topological polar surface area (TPSA) is 49.1 Å². The molecule has 642 valence electrons. The van der Waals surface area contributed by atoms with Crippen molar-refractivity contribution in [3.63, 3.8) is 0 Å². The fourth-order valence-corrected chi connectivity index (χ4v) is 22.4. The highest BCUT2D eigenvalue weighted by atomic mass is 16.3. The highest BCUT2D eigenvalue weighted by Gasteiger charge is 2.29. The summed E-state index contributed by atoms with van der Waals surface area (Å²) in [4.78, 5) is 7.25. The van der Waals surface area contributed by atoms with Crippen molar-refractivity contribution >= 4 is 279 Å². The van der Waals surface area contributed by atoms with Crippen molar-refractivity contribution in [2.45, 2.75) is 0 Å². The molecule has 6 heteroatoms. The van der Waals surface area contributed by atoms with Crippen LogP contribution in [0, 0.1) is 0 Å². The number of nitrogens with zero attached hydrogens (tertiary/aromatic N) is 3. The molecule has 6 nitrogen and oxygen atoms in total. The molecule has 0 bridgehead atoms. The van der Waals surface area contributed by atoms with Crippen LogP contribution in [-0.4, -0.2) is 0 Å². The van der Waals surface area contributed by atoms with E-state index in [1.807, 2.05) is 0 Å². The van der Waals surface area contributed by atoms with E-state index in [1.54, 1.807) is 0 Å². The first-order chi connectivity index (χ1) is 68.5. The molecule has 0 saturated carbocycles. The molecule has 0 spiro atoms. The molecule has 0 aliphatic carbocycles. The molecular weight excluding hydrogens is 1680 g/mol. The van der Waals surface area contributed by atoms with Gasteiger partial charge in [-0.05, 0) is 209 Å². The van der Waals surface area contributed by atoms with Crippen LogP contribution in [0.1, 0.15) is 0 Å². The zero-order valence-electron chi connectivity index (χ0n) is 74.8. The Kier molecular flexibility index (Phi) is 18.0. The van der Waals surface area contributed by atoms with Crippen molar-refractivity contribution in [3.8, 4) is 0 Å². The number of rotatable bonds is 9. The fourth-order valence-electron chi connectivity index (χ4n) is 22.4. The molecule has 0 N–H and O–H groups in total. The van der Waals surface area contributed by atoms with Gasteiger partial charge in [-0.25, -0.2) is 0 Å². The summed E-state index contributed by atoms with van der Waals surface area (Å²) < 4.78 is 20.8. The normalized spacial score (nSPS) is 11.9. The summed E-state index contributed by atoms with van der Waals surface area (Å²) in [5, 5.41) is 43.0. The van der Waals surface area contributed by atoms with Crippen molar-refractivity contribution in [1.82, 2.24) is 0 Å². The van der Waals surface area contributed by atoms with Gasteiger partial charge in [0.15, 0.2) is 16.7 Å². The highest BCUT2D eigenvalue weighted by Crippen LogP contribution is 2.54. The van der Waals surface area contributed by atoms with E-state index in [0.29, 0.717) is 0 Å². The van der Waals surface area contributed by atoms with Crippen LogP contribution in [0.5, 0.6) is 0 Å². The van der Waals surface area contributed by atoms with Crippen LogP contribution >= 0.6 is 0 Å². The summed E-state index contributed by atoms with van der Waals surface area (Å²) >= 11 is 0. The van der Waals surface area contributed by atoms with Gasteiger partial charge in [0, 0.05) is 81.4 Å². The molecule has 3 heterocycles. The number of anilines is 9. The maximum Gasteiger partial charge on any atom is 0.159 e. The zero-order chi connectivity index (χ0) is 90.6. The Labute approximate surface area is 792 Å². The lowest BCUT2D eigenvalue weighted by Gasteiger charge is -2.29. The second-order valence-electron chi connectivity index (χ2n) is 36.3. The molecule has 138 heavy (non-hydrogen) atoms. The van der Waals surface area contributed by atoms with Crippen molar-refractivity contribution in [1.29, 1.82) is 0 Å². The lowest BCUT2D eigenvalue weighted by molar-refractivity contribution is 0.672. The van der Waals surface area contributed by atoms with Crippen molar-refractivity contribution in [3.05, 3.63) is 491 Å². The Morgan fingerprint density at radius 3 is 0.645 bits per heavy atom. The van der Waals surface area contributed by atoms with Gasteiger partial charge in [0.2, 0.25) is 0 Å². The van der Waals surface area contributed by atoms with Crippen LogP contribution < -0.4 is 14.7 Å². The largest absolute Gasteiger partial charge is 0.453 e. The minimum atomic E-state index is 0.878. The van der Waals surface area contributed by atoms with Crippen molar-refractivity contribution in [2.75, 3.05) is 14.7 Å². The summed E-state index contributed by atoms with van der Waals surface area (Å²) in [6.07, 6.45) is 0. The maximum absolute atomic E-state index is 6.98. The van der Waals surface area contributed by atoms with Crippen molar-refractivity contribution < 1.29 is 13.3 Å². The summed E-state index contributed by atoms with van der Waals surface area (Å²) in [6.45, 7) is 0. The van der Waals surface area contributed by atoms with Gasteiger partial charge in [0.05, 0.1) is 39.8 Å². The summed E-state index contributed by atoms with van der Waals surface area (Å²) in [5.74, 6) is 0. The first-order valence-electron chi connectivity index (χ1n) is 47.3. The van der Waals surface area contributed by atoms with E-state index < -0.39 is 0 Å². The Morgan fingerprint density at radius 2 is 0.297 bits per heavy atom. The molecule has 0 fully saturated rings. The monoisotopic (exact) mass is 1760 g/mol. The molecule has 0 aliphatic rings. The summed E-state index contributed by atoms with van der Waals surface area (Å²) in [6, 6.07) is 177. The van der Waals surface area contributed by atoms with Gasteiger partial charge in [-0.2, -0.15) is 0 Å². The van der Waals surface area contributed by atoms with Crippen LogP contribution in [-0.2, 0) is 0 Å². The standard InChI is InChI=1S/3C44H27NO/c1-6-17-33-28(12-1)24-25-39-38-22-11-23-40(44(38)46-43(33)39)45(41-26-29-13-2-4-15-31(29)34-18-7-9-20-36(34)41)42-27-30-14-3-5-16-32(30)35-19-8-10-21-37(35)42;1-4-13-33-28(10-1)20-21-30-22-24-32(27-40(30)33)45(42-26-31-12-3-5-14-34(31)36-16-7-8-17-37(36)42)41-19-9-18-38-39-25-23-29-11-2-6-15-35(29)43(39)46-44(38)41;1-4-13-33-28(10-1)20-21-31-26-32(23-25-35(31)33)45(42-27-30-12-3-5-14-34(30)37-16-7-8-17-38(37)42)41-19-9-18-39-40-24-22-29-11-2-6-15-36(29)43(40)46-44(39)41/h3*1-27H. The third kappa shape index (κ3) is 12.5. The number of furan rings is 3. The second-order valence-corrected chi connectivity index (χ2v) is 36.3. The van der Waals surface area contributed by atoms with Gasteiger partial charge in [-0.3, -0.25) is 0 Å². The molecule has 0 saturated heterocycles. The van der Waals surface area contributed by atoms with Crippen LogP contribution in [0.15, 0.2) is 505 Å². The molecule has 3 aromatic heterocycles. The minimum Gasteiger partial charge on any atom is -0.453 e. The van der Waals surface area contributed by atoms with Gasteiger partial charge in [0.25, 0.3) is 0 Å². The predicted octanol–water partition coefficient (Wildman–Crippen LogP) is 38.5. The Morgan fingerprint density at radius 1 is 0.101 bits per heavy atom. The average Bonchev–Trinajstić information content (AvgIpc) is 1.63. The van der Waals surface area contributed by atoms with Gasteiger partial charge >= 0.3 is 0 Å². The highest BCUT2D eigenvalue weighted by molar-refractivity contribution is 6.27. The molecule has 27 aromatic carbocycles. The SMILES string of the molecule is c1ccc2c(c1)cc(N(c1cc3ccccc3c3ccccc13)c1cccc3c1oc1c4ccccc4ccc31)c1ccccc12.c1ccc2c(c1)ccc1cc(N(c3cc4ccccc4c4ccccc34)c3cccc4c3oc3c5ccccc5ccc43)ccc12.c1ccc2c(c1)ccc1ccc(N(c3cc4ccccc4c4ccccc34)c3cccc4c3oc3c5ccccc5ccc43)cc12. The van der Waals surface area contributed by atoms with Crippen LogP contribution in [0.3, 0.4) is 0 Å². The van der Waals surface area contributed by atoms with Crippen LogP contribution in [0.2, 0.25) is 0 Å². The fraction of sp³-hybridized carbons (Fsp3) is 0. The lowest BCUT2D eigenvalue weighted by atomic mass is 9.96. The molecule has 0 amide bonds. The first-order valence-corrected chi connectivity index (χ1v) is 47.3.